The van der Waals surface area contributed by atoms with Crippen molar-refractivity contribution < 1.29 is 4.79 Å². The first kappa shape index (κ1) is 22.4. The number of carbonyl (C=O) groups is 1. The number of hydrogen-bond donors (Lipinski definition) is 1. The molecule has 1 aromatic heterocycles. The molecule has 1 fully saturated rings. The summed E-state index contributed by atoms with van der Waals surface area (Å²) in [5, 5.41) is 13.1. The van der Waals surface area contributed by atoms with Crippen molar-refractivity contribution in [1.29, 1.82) is 0 Å². The molecule has 2 heterocycles. The van der Waals surface area contributed by atoms with E-state index in [1.165, 1.54) is 17.3 Å². The van der Waals surface area contributed by atoms with Crippen molar-refractivity contribution in [2.75, 3.05) is 47.0 Å². The third-order valence-electron chi connectivity index (χ3n) is 5.56. The molecular weight excluding hydrogens is 442 g/mol. The number of nitrogens with one attached hydrogen (secondary N) is 1. The number of nitrogens with zero attached hydrogens (tertiary/aromatic N) is 4. The van der Waals surface area contributed by atoms with E-state index in [-0.39, 0.29) is 11.7 Å². The molecule has 0 saturated carbocycles. The zero-order chi connectivity index (χ0) is 22.5. The minimum atomic E-state index is -0.0557. The fourth-order valence-electron chi connectivity index (χ4n) is 3.60. The Morgan fingerprint density at radius 3 is 2.41 bits per heavy atom. The number of thioether (sulfide) groups is 1. The van der Waals surface area contributed by atoms with Crippen molar-refractivity contribution in [2.24, 2.45) is 0 Å². The Labute approximate surface area is 198 Å². The molecule has 32 heavy (non-hydrogen) atoms. The normalized spacial score (nSPS) is 13.8. The molecule has 1 N–H and O–H groups in total. The Kier molecular flexibility index (Phi) is 7.17. The Hall–Kier alpha value is -2.77. The lowest BCUT2D eigenvalue weighted by Gasteiger charge is -2.36. The second-order valence-electron chi connectivity index (χ2n) is 7.79. The van der Waals surface area contributed by atoms with Crippen molar-refractivity contribution >= 4 is 46.5 Å². The van der Waals surface area contributed by atoms with Gasteiger partial charge in [0.2, 0.25) is 5.91 Å². The Morgan fingerprint density at radius 1 is 0.969 bits per heavy atom. The van der Waals surface area contributed by atoms with Gasteiger partial charge in [0.15, 0.2) is 5.82 Å². The van der Waals surface area contributed by atoms with Crippen LogP contribution in [0.15, 0.2) is 59.6 Å². The molecule has 3 aromatic rings. The van der Waals surface area contributed by atoms with Crippen LogP contribution in [0.25, 0.3) is 0 Å². The molecule has 166 valence electrons. The van der Waals surface area contributed by atoms with E-state index < -0.39 is 0 Å². The second-order valence-corrected chi connectivity index (χ2v) is 9.19. The second kappa shape index (κ2) is 10.2. The molecule has 8 heteroatoms. The standard InChI is InChI=1S/C24H26ClN5OS/c1-17-7-8-19(15-18(17)2)26-23(31)16-32-24-10-9-22(27-28-24)30-13-11-29(12-14-30)21-6-4-3-5-20(21)25/h3-10,15H,11-14,16H2,1-2H3,(H,26,31). The van der Waals surface area contributed by atoms with E-state index in [9.17, 15) is 4.79 Å². The number of rotatable bonds is 6. The van der Waals surface area contributed by atoms with Gasteiger partial charge in [0, 0.05) is 31.9 Å². The van der Waals surface area contributed by atoms with Gasteiger partial charge in [-0.25, -0.2) is 0 Å². The monoisotopic (exact) mass is 467 g/mol. The topological polar surface area (TPSA) is 61.4 Å². The molecule has 4 rings (SSSR count). The van der Waals surface area contributed by atoms with Crippen LogP contribution in [0, 0.1) is 13.8 Å². The van der Waals surface area contributed by atoms with Gasteiger partial charge in [-0.3, -0.25) is 4.79 Å². The summed E-state index contributed by atoms with van der Waals surface area (Å²) in [6.45, 7) is 7.54. The van der Waals surface area contributed by atoms with Crippen LogP contribution in [0.4, 0.5) is 17.2 Å². The van der Waals surface area contributed by atoms with Gasteiger partial charge >= 0.3 is 0 Å². The number of halogens is 1. The molecule has 0 aliphatic carbocycles. The lowest BCUT2D eigenvalue weighted by Crippen LogP contribution is -2.47. The highest BCUT2D eigenvalue weighted by Gasteiger charge is 2.20. The molecule has 0 atom stereocenters. The summed E-state index contributed by atoms with van der Waals surface area (Å²) in [4.78, 5) is 16.8. The average molecular weight is 468 g/mol. The van der Waals surface area contributed by atoms with E-state index in [0.29, 0.717) is 0 Å². The Balaban J connectivity index is 1.26. The van der Waals surface area contributed by atoms with Crippen molar-refractivity contribution in [1.82, 2.24) is 10.2 Å². The van der Waals surface area contributed by atoms with Crippen LogP contribution in [-0.4, -0.2) is 48.0 Å². The van der Waals surface area contributed by atoms with Crippen LogP contribution in [0.3, 0.4) is 0 Å². The fraction of sp³-hybridized carbons (Fsp3) is 0.292. The van der Waals surface area contributed by atoms with Gasteiger partial charge < -0.3 is 15.1 Å². The summed E-state index contributed by atoms with van der Waals surface area (Å²) in [5.41, 5.74) is 4.25. The van der Waals surface area contributed by atoms with Crippen molar-refractivity contribution in [3.8, 4) is 0 Å². The third-order valence-corrected chi connectivity index (χ3v) is 6.80. The average Bonchev–Trinajstić information content (AvgIpc) is 2.81. The van der Waals surface area contributed by atoms with Crippen molar-refractivity contribution in [3.05, 3.63) is 70.7 Å². The first-order chi connectivity index (χ1) is 15.5. The molecule has 0 bridgehead atoms. The van der Waals surface area contributed by atoms with Crippen LogP contribution in [-0.2, 0) is 4.79 Å². The number of anilines is 3. The number of amides is 1. The highest BCUT2D eigenvalue weighted by Crippen LogP contribution is 2.27. The maximum absolute atomic E-state index is 12.3. The first-order valence-electron chi connectivity index (χ1n) is 10.6. The SMILES string of the molecule is Cc1ccc(NC(=O)CSc2ccc(N3CCN(c4ccccc4Cl)CC3)nn2)cc1C. The minimum absolute atomic E-state index is 0.0557. The quantitative estimate of drug-likeness (QED) is 0.525. The molecule has 0 radical (unpaired) electrons. The Morgan fingerprint density at radius 2 is 1.72 bits per heavy atom. The van der Waals surface area contributed by atoms with E-state index in [2.05, 4.69) is 38.3 Å². The lowest BCUT2D eigenvalue weighted by atomic mass is 10.1. The fourth-order valence-corrected chi connectivity index (χ4v) is 4.47. The third kappa shape index (κ3) is 5.53. The summed E-state index contributed by atoms with van der Waals surface area (Å²) in [7, 11) is 0. The van der Waals surface area contributed by atoms with E-state index >= 15 is 0 Å². The number of carbonyl (C=O) groups excluding carboxylic acids is 1. The molecule has 1 saturated heterocycles. The maximum atomic E-state index is 12.3. The zero-order valence-electron chi connectivity index (χ0n) is 18.2. The van der Waals surface area contributed by atoms with Gasteiger partial charge in [0.1, 0.15) is 5.03 Å². The van der Waals surface area contributed by atoms with E-state index in [1.54, 1.807) is 0 Å². The van der Waals surface area contributed by atoms with Gasteiger partial charge in [-0.1, -0.05) is 41.6 Å². The molecule has 0 unspecified atom stereocenters. The molecule has 0 spiro atoms. The highest BCUT2D eigenvalue weighted by atomic mass is 35.5. The summed E-state index contributed by atoms with van der Waals surface area (Å²) < 4.78 is 0. The molecule has 1 amide bonds. The van der Waals surface area contributed by atoms with Crippen molar-refractivity contribution in [3.63, 3.8) is 0 Å². The summed E-state index contributed by atoms with van der Waals surface area (Å²) in [6.07, 6.45) is 0. The van der Waals surface area contributed by atoms with Crippen molar-refractivity contribution in [2.45, 2.75) is 18.9 Å². The summed E-state index contributed by atoms with van der Waals surface area (Å²) >= 11 is 7.71. The molecule has 1 aliphatic rings. The van der Waals surface area contributed by atoms with Gasteiger partial charge in [-0.15, -0.1) is 10.2 Å². The van der Waals surface area contributed by atoms with Gasteiger partial charge in [-0.05, 0) is 61.4 Å². The number of piperazine rings is 1. The summed E-state index contributed by atoms with van der Waals surface area (Å²) in [5.74, 6) is 1.09. The van der Waals surface area contributed by atoms with Gasteiger partial charge in [-0.2, -0.15) is 0 Å². The first-order valence-corrected chi connectivity index (χ1v) is 11.9. The van der Waals surface area contributed by atoms with Crippen LogP contribution >= 0.6 is 23.4 Å². The maximum Gasteiger partial charge on any atom is 0.234 e. The van der Waals surface area contributed by atoms with Crippen LogP contribution in [0.1, 0.15) is 11.1 Å². The number of para-hydroxylation sites is 1. The minimum Gasteiger partial charge on any atom is -0.367 e. The number of hydrogen-bond acceptors (Lipinski definition) is 6. The zero-order valence-corrected chi connectivity index (χ0v) is 19.8. The molecule has 1 aliphatic heterocycles. The lowest BCUT2D eigenvalue weighted by molar-refractivity contribution is -0.113. The van der Waals surface area contributed by atoms with E-state index in [1.807, 2.05) is 55.5 Å². The predicted octanol–water partition coefficient (Wildman–Crippen LogP) is 4.80. The largest absolute Gasteiger partial charge is 0.367 e. The molecule has 6 nitrogen and oxygen atoms in total. The number of aromatic nitrogens is 2. The van der Waals surface area contributed by atoms with Crippen LogP contribution in [0.2, 0.25) is 5.02 Å². The Bertz CT molecular complexity index is 1080. The predicted molar refractivity (Wildman–Crippen MR) is 133 cm³/mol. The van der Waals surface area contributed by atoms with E-state index in [4.69, 9.17) is 11.6 Å². The van der Waals surface area contributed by atoms with Gasteiger partial charge in [0.25, 0.3) is 0 Å². The summed E-state index contributed by atoms with van der Waals surface area (Å²) in [6, 6.07) is 17.8. The van der Waals surface area contributed by atoms with Gasteiger partial charge in [0.05, 0.1) is 16.5 Å². The van der Waals surface area contributed by atoms with E-state index in [0.717, 1.165) is 59.0 Å². The highest BCUT2D eigenvalue weighted by molar-refractivity contribution is 7.99. The smallest absolute Gasteiger partial charge is 0.234 e. The number of aryl methyl sites for hydroxylation is 2. The van der Waals surface area contributed by atoms with Crippen LogP contribution < -0.4 is 15.1 Å². The molecule has 2 aromatic carbocycles. The van der Waals surface area contributed by atoms with Crippen LogP contribution in [0.5, 0.6) is 0 Å². The molecular formula is C24H26ClN5OS. The number of benzene rings is 2.